The van der Waals surface area contributed by atoms with E-state index in [1.54, 1.807) is 0 Å². The average molecular weight is 361 g/mol. The molecule has 2 heteroatoms. The van der Waals surface area contributed by atoms with Crippen molar-refractivity contribution in [2.45, 2.75) is 142 Å². The summed E-state index contributed by atoms with van der Waals surface area (Å²) in [6.45, 7) is 6.94. The zero-order chi connectivity index (χ0) is 17.2. The van der Waals surface area contributed by atoms with Crippen molar-refractivity contribution in [2.75, 3.05) is 0 Å². The number of hydrogen-bond acceptors (Lipinski definition) is 0. The van der Waals surface area contributed by atoms with E-state index in [1.165, 1.54) is 116 Å². The molecule has 0 spiro atoms. The van der Waals surface area contributed by atoms with Crippen LogP contribution in [0, 0.1) is 0 Å². The monoisotopic (exact) mass is 360 g/mol. The van der Waals surface area contributed by atoms with Crippen molar-refractivity contribution in [1.29, 1.82) is 0 Å². The molecule has 1 atom stereocenters. The number of hydrogen-bond donors (Lipinski definition) is 0. The molecule has 1 unspecified atom stereocenters. The highest BCUT2D eigenvalue weighted by Gasteiger charge is 2.22. The summed E-state index contributed by atoms with van der Waals surface area (Å²) in [5.74, 6) is 0. The smallest absolute Gasteiger partial charge is 0.0150 e. The highest BCUT2D eigenvalue weighted by Crippen LogP contribution is 2.37. The molecule has 24 heavy (non-hydrogen) atoms. The molecule has 0 fully saturated rings. The van der Waals surface area contributed by atoms with Gasteiger partial charge in [-0.1, -0.05) is 117 Å². The third kappa shape index (κ3) is 17.2. The summed E-state index contributed by atoms with van der Waals surface area (Å²) in [7, 11) is 3.31. The van der Waals surface area contributed by atoms with Gasteiger partial charge in [0.05, 0.1) is 0 Å². The summed E-state index contributed by atoms with van der Waals surface area (Å²) in [5, 5.41) is 0.560. The van der Waals surface area contributed by atoms with Crippen molar-refractivity contribution in [3.63, 3.8) is 0 Å². The molecule has 0 aliphatic rings. The summed E-state index contributed by atoms with van der Waals surface area (Å²) >= 11 is 0. The SMILES string of the molecule is CCCCCCCC(P)(CCCCCCC)CCCCCCC.O. The second kappa shape index (κ2) is 19.7. The third-order valence-electron chi connectivity index (χ3n) is 5.33. The van der Waals surface area contributed by atoms with E-state index in [0.29, 0.717) is 5.16 Å². The van der Waals surface area contributed by atoms with E-state index in [4.69, 9.17) is 0 Å². The van der Waals surface area contributed by atoms with Gasteiger partial charge in [-0.3, -0.25) is 0 Å². The molecular weight excluding hydrogens is 311 g/mol. The predicted octanol–water partition coefficient (Wildman–Crippen LogP) is 7.86. The normalized spacial score (nSPS) is 11.5. The van der Waals surface area contributed by atoms with E-state index < -0.39 is 0 Å². The van der Waals surface area contributed by atoms with Gasteiger partial charge in [0.1, 0.15) is 0 Å². The molecule has 0 aromatic rings. The fourth-order valence-electron chi connectivity index (χ4n) is 3.62. The lowest BCUT2D eigenvalue weighted by Gasteiger charge is -2.30. The second-order valence-corrected chi connectivity index (χ2v) is 9.08. The van der Waals surface area contributed by atoms with Crippen LogP contribution in [-0.2, 0) is 0 Å². The van der Waals surface area contributed by atoms with Gasteiger partial charge in [0.2, 0.25) is 0 Å². The van der Waals surface area contributed by atoms with Crippen molar-refractivity contribution in [1.82, 2.24) is 0 Å². The Hall–Kier alpha value is 0.390. The van der Waals surface area contributed by atoms with Gasteiger partial charge in [0.15, 0.2) is 0 Å². The minimum atomic E-state index is 0. The first-order valence-corrected chi connectivity index (χ1v) is 11.5. The summed E-state index contributed by atoms with van der Waals surface area (Å²) in [6.07, 6.45) is 25.8. The van der Waals surface area contributed by atoms with E-state index in [2.05, 4.69) is 30.0 Å². The third-order valence-corrected chi connectivity index (χ3v) is 6.20. The molecule has 0 aromatic heterocycles. The van der Waals surface area contributed by atoms with Gasteiger partial charge in [0.25, 0.3) is 0 Å². The first-order valence-electron chi connectivity index (χ1n) is 11.0. The molecule has 0 rings (SSSR count). The quantitative estimate of drug-likeness (QED) is 0.176. The lowest BCUT2D eigenvalue weighted by atomic mass is 9.88. The van der Waals surface area contributed by atoms with E-state index >= 15 is 0 Å². The lowest BCUT2D eigenvalue weighted by molar-refractivity contribution is 0.404. The summed E-state index contributed by atoms with van der Waals surface area (Å²) in [5.41, 5.74) is 0. The molecule has 0 aromatic carbocycles. The largest absolute Gasteiger partial charge is 0.412 e. The Morgan fingerprint density at radius 2 is 0.708 bits per heavy atom. The summed E-state index contributed by atoms with van der Waals surface area (Å²) in [4.78, 5) is 0. The molecule has 0 bridgehead atoms. The summed E-state index contributed by atoms with van der Waals surface area (Å²) in [6, 6.07) is 0. The zero-order valence-electron chi connectivity index (χ0n) is 17.3. The van der Waals surface area contributed by atoms with Crippen LogP contribution in [0.2, 0.25) is 0 Å². The van der Waals surface area contributed by atoms with Crippen LogP contribution in [0.1, 0.15) is 136 Å². The van der Waals surface area contributed by atoms with Gasteiger partial charge in [0, 0.05) is 0 Å². The molecule has 1 nitrogen and oxygen atoms in total. The predicted molar refractivity (Wildman–Crippen MR) is 116 cm³/mol. The Balaban J connectivity index is 0. The highest BCUT2D eigenvalue weighted by molar-refractivity contribution is 7.19. The molecule has 0 aliphatic heterocycles. The highest BCUT2D eigenvalue weighted by atomic mass is 31.0. The molecule has 2 N–H and O–H groups in total. The van der Waals surface area contributed by atoms with Crippen molar-refractivity contribution in [3.05, 3.63) is 0 Å². The van der Waals surface area contributed by atoms with Gasteiger partial charge >= 0.3 is 0 Å². The minimum absolute atomic E-state index is 0. The maximum Gasteiger partial charge on any atom is -0.0150 e. The van der Waals surface area contributed by atoms with Crippen molar-refractivity contribution in [3.8, 4) is 0 Å². The van der Waals surface area contributed by atoms with Crippen LogP contribution in [0.25, 0.3) is 0 Å². The van der Waals surface area contributed by atoms with Gasteiger partial charge in [-0.15, -0.1) is 9.24 Å². The molecule has 0 amide bonds. The Kier molecular flexibility index (Phi) is 21.9. The Labute approximate surface area is 156 Å². The van der Waals surface area contributed by atoms with E-state index in [1.807, 2.05) is 0 Å². The molecule has 0 saturated carbocycles. The molecule has 148 valence electrons. The van der Waals surface area contributed by atoms with E-state index in [0.717, 1.165) is 0 Å². The zero-order valence-corrected chi connectivity index (χ0v) is 18.5. The molecular formula is C22H49OP. The van der Waals surface area contributed by atoms with Crippen LogP contribution in [0.4, 0.5) is 0 Å². The fourth-order valence-corrected chi connectivity index (χ4v) is 4.23. The molecule has 0 heterocycles. The minimum Gasteiger partial charge on any atom is -0.412 e. The Bertz CT molecular complexity index is 194. The first kappa shape index (κ1) is 26.6. The standard InChI is InChI=1S/C22H47P.H2O/c1-4-7-10-13-16-19-22(23,20-17-14-11-8-5-2)21-18-15-12-9-6-3;/h4-21,23H2,1-3H3;1H2. The van der Waals surface area contributed by atoms with Gasteiger partial charge < -0.3 is 5.48 Å². The van der Waals surface area contributed by atoms with Gasteiger partial charge in [-0.2, -0.15) is 0 Å². The van der Waals surface area contributed by atoms with Crippen molar-refractivity contribution < 1.29 is 5.48 Å². The fraction of sp³-hybridized carbons (Fsp3) is 1.00. The summed E-state index contributed by atoms with van der Waals surface area (Å²) < 4.78 is 0. The Morgan fingerprint density at radius 1 is 0.458 bits per heavy atom. The topological polar surface area (TPSA) is 31.5 Å². The maximum absolute atomic E-state index is 3.31. The second-order valence-electron chi connectivity index (χ2n) is 7.86. The van der Waals surface area contributed by atoms with Gasteiger partial charge in [-0.05, 0) is 24.4 Å². The average Bonchev–Trinajstić information content (AvgIpc) is 2.54. The van der Waals surface area contributed by atoms with E-state index in [-0.39, 0.29) is 5.48 Å². The van der Waals surface area contributed by atoms with Crippen LogP contribution >= 0.6 is 9.24 Å². The number of unbranched alkanes of at least 4 members (excludes halogenated alkanes) is 12. The van der Waals surface area contributed by atoms with Crippen LogP contribution in [0.3, 0.4) is 0 Å². The lowest BCUT2D eigenvalue weighted by Crippen LogP contribution is -2.20. The first-order chi connectivity index (χ1) is 11.2. The molecule has 0 saturated heterocycles. The van der Waals surface area contributed by atoms with Crippen LogP contribution in [-0.4, -0.2) is 10.6 Å². The van der Waals surface area contributed by atoms with Gasteiger partial charge in [-0.25, -0.2) is 0 Å². The molecule has 0 aliphatic carbocycles. The van der Waals surface area contributed by atoms with Crippen molar-refractivity contribution in [2.24, 2.45) is 0 Å². The maximum atomic E-state index is 3.31. The van der Waals surface area contributed by atoms with Crippen LogP contribution in [0.15, 0.2) is 0 Å². The Morgan fingerprint density at radius 3 is 0.958 bits per heavy atom. The van der Waals surface area contributed by atoms with Crippen molar-refractivity contribution >= 4 is 9.24 Å². The van der Waals surface area contributed by atoms with E-state index in [9.17, 15) is 0 Å². The van der Waals surface area contributed by atoms with Crippen LogP contribution < -0.4 is 0 Å². The number of rotatable bonds is 18. The molecule has 0 radical (unpaired) electrons. The van der Waals surface area contributed by atoms with Crippen LogP contribution in [0.5, 0.6) is 0 Å².